The summed E-state index contributed by atoms with van der Waals surface area (Å²) in [5.41, 5.74) is 0.811. The third kappa shape index (κ3) is 1.66. The average molecular weight is 233 g/mol. The Hall–Kier alpha value is -1.65. The quantitative estimate of drug-likeness (QED) is 0.777. The van der Waals surface area contributed by atoms with E-state index >= 15 is 0 Å². The van der Waals surface area contributed by atoms with Crippen molar-refractivity contribution in [3.63, 3.8) is 0 Å². The first-order valence-corrected chi connectivity index (χ1v) is 6.10. The molecule has 1 saturated heterocycles. The van der Waals surface area contributed by atoms with Gasteiger partial charge in [0, 0.05) is 6.20 Å². The Morgan fingerprint density at radius 1 is 1.24 bits per heavy atom. The van der Waals surface area contributed by atoms with Crippen LogP contribution in [0.25, 0.3) is 0 Å². The van der Waals surface area contributed by atoms with Crippen molar-refractivity contribution in [1.29, 1.82) is 0 Å². The summed E-state index contributed by atoms with van der Waals surface area (Å²) in [4.78, 5) is 32.5. The van der Waals surface area contributed by atoms with Crippen LogP contribution in [0.1, 0.15) is 31.4 Å². The number of nitrogens with one attached hydrogen (secondary N) is 1. The van der Waals surface area contributed by atoms with Crippen LogP contribution in [0.4, 0.5) is 0 Å². The topological polar surface area (TPSA) is 66.1 Å². The maximum atomic E-state index is 12.1. The smallest absolute Gasteiger partial charge is 0.233 e. The Balaban J connectivity index is 1.81. The normalized spacial score (nSPS) is 28.6. The highest BCUT2D eigenvalue weighted by atomic mass is 16.2. The third-order valence-corrected chi connectivity index (χ3v) is 3.82. The molecule has 90 valence electrons. The third-order valence-electron chi connectivity index (χ3n) is 3.82. The van der Waals surface area contributed by atoms with Crippen LogP contribution in [0.15, 0.2) is 12.5 Å². The van der Waals surface area contributed by atoms with Gasteiger partial charge in [-0.15, -0.1) is 0 Å². The molecule has 0 bridgehead atoms. The Bertz CT molecular complexity index is 417. The lowest BCUT2D eigenvalue weighted by atomic mass is 9.81. The van der Waals surface area contributed by atoms with Crippen molar-refractivity contribution in [3.8, 4) is 0 Å². The van der Waals surface area contributed by atoms with E-state index < -0.39 is 0 Å². The number of imidazole rings is 1. The second-order valence-electron chi connectivity index (χ2n) is 4.84. The fourth-order valence-corrected chi connectivity index (χ4v) is 2.93. The molecular weight excluding hydrogens is 218 g/mol. The number of H-pyrrole nitrogens is 1. The Morgan fingerprint density at radius 3 is 2.41 bits per heavy atom. The number of nitrogens with zero attached hydrogens (tertiary/aromatic N) is 2. The van der Waals surface area contributed by atoms with E-state index in [0.717, 1.165) is 31.4 Å². The van der Waals surface area contributed by atoms with Gasteiger partial charge in [-0.3, -0.25) is 14.5 Å². The molecule has 2 amide bonds. The highest BCUT2D eigenvalue weighted by molar-refractivity contribution is 6.05. The minimum Gasteiger partial charge on any atom is -0.347 e. The van der Waals surface area contributed by atoms with Crippen molar-refractivity contribution in [1.82, 2.24) is 14.9 Å². The van der Waals surface area contributed by atoms with Gasteiger partial charge < -0.3 is 4.98 Å². The monoisotopic (exact) mass is 233 g/mol. The predicted molar refractivity (Wildman–Crippen MR) is 59.6 cm³/mol. The van der Waals surface area contributed by atoms with Gasteiger partial charge in [-0.25, -0.2) is 4.98 Å². The largest absolute Gasteiger partial charge is 0.347 e. The second-order valence-corrected chi connectivity index (χ2v) is 4.84. The van der Waals surface area contributed by atoms with Crippen LogP contribution in [0.5, 0.6) is 0 Å². The van der Waals surface area contributed by atoms with Crippen molar-refractivity contribution < 1.29 is 9.59 Å². The second kappa shape index (κ2) is 3.98. The van der Waals surface area contributed by atoms with E-state index in [4.69, 9.17) is 0 Å². The summed E-state index contributed by atoms with van der Waals surface area (Å²) in [5.74, 6) is -0.0954. The van der Waals surface area contributed by atoms with Crippen molar-refractivity contribution in [2.75, 3.05) is 0 Å². The van der Waals surface area contributed by atoms with Gasteiger partial charge >= 0.3 is 0 Å². The van der Waals surface area contributed by atoms with E-state index in [2.05, 4.69) is 9.97 Å². The molecule has 3 rings (SSSR count). The molecule has 0 aromatic carbocycles. The fourth-order valence-electron chi connectivity index (χ4n) is 2.93. The number of hydrogen-bond donors (Lipinski definition) is 1. The summed E-state index contributed by atoms with van der Waals surface area (Å²) in [6.45, 7) is 0.338. The van der Waals surface area contributed by atoms with Crippen LogP contribution in [-0.4, -0.2) is 26.7 Å². The molecule has 2 unspecified atom stereocenters. The number of amides is 2. The summed E-state index contributed by atoms with van der Waals surface area (Å²) in [7, 11) is 0. The van der Waals surface area contributed by atoms with Gasteiger partial charge in [-0.05, 0) is 12.8 Å². The molecule has 17 heavy (non-hydrogen) atoms. The van der Waals surface area contributed by atoms with Crippen molar-refractivity contribution >= 4 is 11.8 Å². The molecule has 1 saturated carbocycles. The molecule has 5 nitrogen and oxygen atoms in total. The predicted octanol–water partition coefficient (Wildman–Crippen LogP) is 1.08. The average Bonchev–Trinajstić information content (AvgIpc) is 2.94. The molecule has 1 N–H and O–H groups in total. The van der Waals surface area contributed by atoms with Crippen LogP contribution in [0, 0.1) is 11.8 Å². The van der Waals surface area contributed by atoms with Crippen LogP contribution in [0.3, 0.4) is 0 Å². The SMILES string of the molecule is O=C1C2CCCCC2C(=O)N1Cc1cnc[nH]1. The molecule has 2 aliphatic rings. The van der Waals surface area contributed by atoms with E-state index in [1.807, 2.05) is 0 Å². The molecule has 1 aromatic heterocycles. The Kier molecular flexibility index (Phi) is 2.46. The maximum Gasteiger partial charge on any atom is 0.233 e. The van der Waals surface area contributed by atoms with Gasteiger partial charge in [0.05, 0.1) is 30.4 Å². The first-order valence-electron chi connectivity index (χ1n) is 6.10. The highest BCUT2D eigenvalue weighted by Crippen LogP contribution is 2.38. The summed E-state index contributed by atoms with van der Waals surface area (Å²) in [6, 6.07) is 0. The highest BCUT2D eigenvalue weighted by Gasteiger charge is 2.47. The first kappa shape index (κ1) is 10.5. The van der Waals surface area contributed by atoms with Crippen molar-refractivity contribution in [2.45, 2.75) is 32.2 Å². The van der Waals surface area contributed by atoms with E-state index in [0.29, 0.717) is 6.54 Å². The number of aromatic amines is 1. The molecule has 1 aromatic rings. The maximum absolute atomic E-state index is 12.1. The minimum absolute atomic E-state index is 0.00861. The molecule has 0 spiro atoms. The zero-order valence-electron chi connectivity index (χ0n) is 9.56. The standard InChI is InChI=1S/C12H15N3O2/c16-11-9-3-1-2-4-10(9)12(17)15(11)6-8-5-13-7-14-8/h5,7,9-10H,1-4,6H2,(H,13,14). The van der Waals surface area contributed by atoms with E-state index in [1.54, 1.807) is 12.5 Å². The van der Waals surface area contributed by atoms with Gasteiger partial charge in [0.15, 0.2) is 0 Å². The summed E-state index contributed by atoms with van der Waals surface area (Å²) < 4.78 is 0. The van der Waals surface area contributed by atoms with Crippen molar-refractivity contribution in [3.05, 3.63) is 18.2 Å². The van der Waals surface area contributed by atoms with Crippen LogP contribution in [0.2, 0.25) is 0 Å². The minimum atomic E-state index is -0.0563. The molecule has 2 atom stereocenters. The molecule has 2 fully saturated rings. The number of carbonyl (C=O) groups is 2. The lowest BCUT2D eigenvalue weighted by Gasteiger charge is -2.19. The number of aromatic nitrogens is 2. The number of fused-ring (bicyclic) bond motifs is 1. The number of carbonyl (C=O) groups excluding carboxylic acids is 2. The van der Waals surface area contributed by atoms with Crippen LogP contribution >= 0.6 is 0 Å². The molecule has 5 heteroatoms. The first-order chi connectivity index (χ1) is 8.27. The van der Waals surface area contributed by atoms with E-state index in [9.17, 15) is 9.59 Å². The molecule has 2 heterocycles. The number of likely N-dealkylation sites (tertiary alicyclic amines) is 1. The number of hydrogen-bond acceptors (Lipinski definition) is 3. The van der Waals surface area contributed by atoms with E-state index in [-0.39, 0.29) is 23.7 Å². The van der Waals surface area contributed by atoms with Gasteiger partial charge in [0.1, 0.15) is 0 Å². The summed E-state index contributed by atoms with van der Waals surface area (Å²) in [5, 5.41) is 0. The molecule has 1 aliphatic heterocycles. The van der Waals surface area contributed by atoms with Crippen LogP contribution < -0.4 is 0 Å². The summed E-state index contributed by atoms with van der Waals surface area (Å²) in [6.07, 6.45) is 7.09. The van der Waals surface area contributed by atoms with Gasteiger partial charge in [0.2, 0.25) is 11.8 Å². The summed E-state index contributed by atoms with van der Waals surface area (Å²) >= 11 is 0. The zero-order valence-corrected chi connectivity index (χ0v) is 9.56. The fraction of sp³-hybridized carbons (Fsp3) is 0.583. The lowest BCUT2D eigenvalue weighted by Crippen LogP contribution is -2.30. The van der Waals surface area contributed by atoms with Gasteiger partial charge in [-0.2, -0.15) is 0 Å². The number of imide groups is 1. The number of rotatable bonds is 2. The molecule has 1 aliphatic carbocycles. The van der Waals surface area contributed by atoms with Crippen molar-refractivity contribution in [2.24, 2.45) is 11.8 Å². The van der Waals surface area contributed by atoms with E-state index in [1.165, 1.54) is 4.90 Å². The zero-order chi connectivity index (χ0) is 11.8. The van der Waals surface area contributed by atoms with Gasteiger partial charge in [0.25, 0.3) is 0 Å². The van der Waals surface area contributed by atoms with Crippen LogP contribution in [-0.2, 0) is 16.1 Å². The Labute approximate surface area is 99.2 Å². The molecule has 0 radical (unpaired) electrons. The molecular formula is C12H15N3O2. The van der Waals surface area contributed by atoms with Gasteiger partial charge in [-0.1, -0.05) is 12.8 Å². The Morgan fingerprint density at radius 2 is 1.88 bits per heavy atom. The lowest BCUT2D eigenvalue weighted by molar-refractivity contribution is -0.140.